The van der Waals surface area contributed by atoms with Gasteiger partial charge in [-0.15, -0.1) is 0 Å². The van der Waals surface area contributed by atoms with Crippen LogP contribution >= 0.6 is 11.6 Å². The van der Waals surface area contributed by atoms with E-state index in [0.717, 1.165) is 0 Å². The summed E-state index contributed by atoms with van der Waals surface area (Å²) >= 11 is 5.80. The Morgan fingerprint density at radius 1 is 1.19 bits per heavy atom. The first-order valence-electron chi connectivity index (χ1n) is 8.25. The molecule has 1 heterocycles. The van der Waals surface area contributed by atoms with E-state index in [1.165, 1.54) is 29.2 Å². The van der Waals surface area contributed by atoms with Crippen molar-refractivity contribution in [3.05, 3.63) is 59.4 Å². The highest BCUT2D eigenvalue weighted by Crippen LogP contribution is 2.25. The number of amides is 2. The minimum atomic E-state index is -0.428. The Hall–Kier alpha value is -2.60. The van der Waals surface area contributed by atoms with E-state index in [-0.39, 0.29) is 30.6 Å². The lowest BCUT2D eigenvalue weighted by Crippen LogP contribution is -2.35. The highest BCUT2D eigenvalue weighted by atomic mass is 35.5. The van der Waals surface area contributed by atoms with Gasteiger partial charge in [0.05, 0.1) is 12.5 Å². The Labute approximate surface area is 155 Å². The normalized spacial score (nSPS) is 16.6. The quantitative estimate of drug-likeness (QED) is 0.788. The molecule has 1 N–H and O–H groups in total. The van der Waals surface area contributed by atoms with Crippen LogP contribution in [0, 0.1) is 11.7 Å². The average molecular weight is 377 g/mol. The zero-order valence-corrected chi connectivity index (χ0v) is 14.7. The van der Waals surface area contributed by atoms with E-state index < -0.39 is 5.92 Å². The van der Waals surface area contributed by atoms with Gasteiger partial charge >= 0.3 is 0 Å². The number of hydrogen-bond acceptors (Lipinski definition) is 3. The van der Waals surface area contributed by atoms with E-state index in [4.69, 9.17) is 16.3 Å². The summed E-state index contributed by atoms with van der Waals surface area (Å²) in [7, 11) is 0. The Morgan fingerprint density at radius 2 is 1.88 bits per heavy atom. The van der Waals surface area contributed by atoms with Crippen molar-refractivity contribution in [2.75, 3.05) is 24.6 Å². The van der Waals surface area contributed by atoms with Crippen molar-refractivity contribution in [2.45, 2.75) is 6.42 Å². The van der Waals surface area contributed by atoms with Gasteiger partial charge in [-0.2, -0.15) is 0 Å². The van der Waals surface area contributed by atoms with Crippen LogP contribution in [-0.4, -0.2) is 31.5 Å². The minimum absolute atomic E-state index is 0.140. The summed E-state index contributed by atoms with van der Waals surface area (Å²) in [5.74, 6) is -0.461. The summed E-state index contributed by atoms with van der Waals surface area (Å²) in [5, 5.41) is 3.41. The van der Waals surface area contributed by atoms with Crippen molar-refractivity contribution in [2.24, 2.45) is 5.92 Å². The average Bonchev–Trinajstić information content (AvgIpc) is 3.02. The summed E-state index contributed by atoms with van der Waals surface area (Å²) in [4.78, 5) is 25.9. The molecular weight excluding hydrogens is 359 g/mol. The maximum Gasteiger partial charge on any atom is 0.227 e. The van der Waals surface area contributed by atoms with Gasteiger partial charge < -0.3 is 15.0 Å². The van der Waals surface area contributed by atoms with E-state index in [2.05, 4.69) is 5.32 Å². The minimum Gasteiger partial charge on any atom is -0.492 e. The van der Waals surface area contributed by atoms with Crippen LogP contribution in [0.2, 0.25) is 5.02 Å². The van der Waals surface area contributed by atoms with E-state index in [1.807, 2.05) is 0 Å². The van der Waals surface area contributed by atoms with Crippen LogP contribution in [0.5, 0.6) is 5.75 Å². The molecule has 1 atom stereocenters. The van der Waals surface area contributed by atoms with Gasteiger partial charge in [-0.1, -0.05) is 11.6 Å². The van der Waals surface area contributed by atoms with Gasteiger partial charge in [-0.25, -0.2) is 4.39 Å². The van der Waals surface area contributed by atoms with E-state index in [0.29, 0.717) is 29.6 Å². The predicted molar refractivity (Wildman–Crippen MR) is 96.8 cm³/mol. The molecule has 0 aliphatic carbocycles. The van der Waals surface area contributed by atoms with Gasteiger partial charge in [0.1, 0.15) is 18.2 Å². The van der Waals surface area contributed by atoms with Gasteiger partial charge in [0.2, 0.25) is 11.8 Å². The van der Waals surface area contributed by atoms with Crippen LogP contribution in [0.1, 0.15) is 6.42 Å². The first-order valence-corrected chi connectivity index (χ1v) is 8.63. The van der Waals surface area contributed by atoms with Gasteiger partial charge in [-0.05, 0) is 48.5 Å². The molecule has 2 aromatic rings. The number of ether oxygens (including phenoxy) is 1. The SMILES string of the molecule is O=C(NCCOc1ccc(Cl)cc1)[C@@H]1CC(=O)N(c2ccc(F)cc2)C1. The standard InChI is InChI=1S/C19H18ClFN2O3/c20-14-1-7-17(8-2-14)26-10-9-22-19(25)13-11-18(24)23(12-13)16-5-3-15(21)4-6-16/h1-8,13H,9-12H2,(H,22,25)/t13-/m1/s1. The summed E-state index contributed by atoms with van der Waals surface area (Å²) in [6.45, 7) is 0.937. The van der Waals surface area contributed by atoms with E-state index in [9.17, 15) is 14.0 Å². The number of nitrogens with zero attached hydrogens (tertiary/aromatic N) is 1. The first-order chi connectivity index (χ1) is 12.5. The van der Waals surface area contributed by atoms with Crippen LogP contribution in [-0.2, 0) is 9.59 Å². The molecule has 0 saturated carbocycles. The Kier molecular flexibility index (Phi) is 5.73. The van der Waals surface area contributed by atoms with Crippen molar-refractivity contribution in [1.82, 2.24) is 5.32 Å². The molecule has 2 amide bonds. The maximum absolute atomic E-state index is 13.0. The highest BCUT2D eigenvalue weighted by molar-refractivity contribution is 6.30. The number of carbonyl (C=O) groups excluding carboxylic acids is 2. The molecular formula is C19H18ClFN2O3. The van der Waals surface area contributed by atoms with Crippen LogP contribution in [0.25, 0.3) is 0 Å². The number of anilines is 1. The molecule has 1 fully saturated rings. The summed E-state index contributed by atoms with van der Waals surface area (Å²) in [5.41, 5.74) is 0.595. The lowest BCUT2D eigenvalue weighted by Gasteiger charge is -2.16. The molecule has 0 radical (unpaired) electrons. The van der Waals surface area contributed by atoms with Crippen molar-refractivity contribution in [3.63, 3.8) is 0 Å². The number of rotatable bonds is 6. The van der Waals surface area contributed by atoms with Gasteiger partial charge in [0.25, 0.3) is 0 Å². The number of benzene rings is 2. The van der Waals surface area contributed by atoms with Crippen LogP contribution in [0.4, 0.5) is 10.1 Å². The molecule has 5 nitrogen and oxygen atoms in total. The molecule has 1 aliphatic rings. The van der Waals surface area contributed by atoms with Gasteiger partial charge in [0.15, 0.2) is 0 Å². The molecule has 1 aliphatic heterocycles. The Morgan fingerprint density at radius 3 is 2.58 bits per heavy atom. The second-order valence-electron chi connectivity index (χ2n) is 5.98. The molecule has 7 heteroatoms. The zero-order valence-electron chi connectivity index (χ0n) is 14.0. The second kappa shape index (κ2) is 8.19. The van der Waals surface area contributed by atoms with Crippen molar-refractivity contribution < 1.29 is 18.7 Å². The van der Waals surface area contributed by atoms with E-state index >= 15 is 0 Å². The van der Waals surface area contributed by atoms with E-state index in [1.54, 1.807) is 24.3 Å². The summed E-state index contributed by atoms with van der Waals surface area (Å²) in [6.07, 6.45) is 0.140. The number of hydrogen-bond donors (Lipinski definition) is 1. The number of nitrogens with one attached hydrogen (secondary N) is 1. The smallest absolute Gasteiger partial charge is 0.227 e. The molecule has 0 aromatic heterocycles. The number of carbonyl (C=O) groups is 2. The third-order valence-corrected chi connectivity index (χ3v) is 4.37. The fraction of sp³-hybridized carbons (Fsp3) is 0.263. The Bertz CT molecular complexity index is 780. The predicted octanol–water partition coefficient (Wildman–Crippen LogP) is 3.03. The molecule has 136 valence electrons. The second-order valence-corrected chi connectivity index (χ2v) is 6.41. The maximum atomic E-state index is 13.0. The topological polar surface area (TPSA) is 58.6 Å². The molecule has 0 unspecified atom stereocenters. The highest BCUT2D eigenvalue weighted by Gasteiger charge is 2.34. The van der Waals surface area contributed by atoms with Gasteiger partial charge in [0, 0.05) is 23.7 Å². The fourth-order valence-electron chi connectivity index (χ4n) is 2.77. The molecule has 1 saturated heterocycles. The van der Waals surface area contributed by atoms with Gasteiger partial charge in [-0.3, -0.25) is 9.59 Å². The number of halogens is 2. The largest absolute Gasteiger partial charge is 0.492 e. The lowest BCUT2D eigenvalue weighted by atomic mass is 10.1. The monoisotopic (exact) mass is 376 g/mol. The molecule has 3 rings (SSSR count). The molecule has 26 heavy (non-hydrogen) atoms. The fourth-order valence-corrected chi connectivity index (χ4v) is 2.90. The zero-order chi connectivity index (χ0) is 18.5. The van der Waals surface area contributed by atoms with Crippen molar-refractivity contribution in [3.8, 4) is 5.75 Å². The Balaban J connectivity index is 1.45. The lowest BCUT2D eigenvalue weighted by molar-refractivity contribution is -0.126. The first kappa shape index (κ1) is 18.2. The summed E-state index contributed by atoms with van der Waals surface area (Å²) in [6, 6.07) is 12.6. The summed E-state index contributed by atoms with van der Waals surface area (Å²) < 4.78 is 18.5. The molecule has 2 aromatic carbocycles. The molecule has 0 spiro atoms. The van der Waals surface area contributed by atoms with Crippen LogP contribution in [0.3, 0.4) is 0 Å². The molecule has 0 bridgehead atoms. The third-order valence-electron chi connectivity index (χ3n) is 4.12. The van der Waals surface area contributed by atoms with Crippen LogP contribution in [0.15, 0.2) is 48.5 Å². The van der Waals surface area contributed by atoms with Crippen LogP contribution < -0.4 is 15.0 Å². The third kappa shape index (κ3) is 4.52. The van der Waals surface area contributed by atoms with Crippen molar-refractivity contribution >= 4 is 29.1 Å². The van der Waals surface area contributed by atoms with Crippen molar-refractivity contribution in [1.29, 1.82) is 0 Å².